The number of carbonyl (C=O) groups excluding carboxylic acids is 2. The molecule has 8 nitrogen and oxygen atoms in total. The first-order valence-corrected chi connectivity index (χ1v) is 11.6. The van der Waals surface area contributed by atoms with Crippen LogP contribution < -0.4 is 9.47 Å². The summed E-state index contributed by atoms with van der Waals surface area (Å²) in [5.74, 6) is 0.830. The van der Waals surface area contributed by atoms with Gasteiger partial charge >= 0.3 is 11.9 Å². The Hall–Kier alpha value is -2.29. The maximum absolute atomic E-state index is 11.5. The van der Waals surface area contributed by atoms with E-state index in [0.29, 0.717) is 17.8 Å². The number of methoxy groups -OCH3 is 3. The molecule has 0 radical (unpaired) electrons. The summed E-state index contributed by atoms with van der Waals surface area (Å²) >= 11 is 2.15. The van der Waals surface area contributed by atoms with Crippen LogP contribution in [0.5, 0.6) is 17.2 Å². The number of phenolic OH excluding ortho intramolecular Hbond substituents is 1. The largest absolute Gasteiger partial charge is 0.508 e. The van der Waals surface area contributed by atoms with Crippen LogP contribution in [-0.2, 0) is 41.1 Å². The van der Waals surface area contributed by atoms with E-state index < -0.39 is 17.5 Å². The van der Waals surface area contributed by atoms with Crippen LogP contribution in [0.15, 0.2) is 46.9 Å². The van der Waals surface area contributed by atoms with Crippen LogP contribution in [0.3, 0.4) is 0 Å². The number of fused-ring (bicyclic) bond motifs is 2. The Morgan fingerprint density at radius 3 is 2.29 bits per heavy atom. The van der Waals surface area contributed by atoms with Crippen molar-refractivity contribution in [3.8, 4) is 17.2 Å². The van der Waals surface area contributed by atoms with Crippen LogP contribution in [0, 0.1) is 7.43 Å². The van der Waals surface area contributed by atoms with E-state index in [4.69, 9.17) is 13.9 Å². The summed E-state index contributed by atoms with van der Waals surface area (Å²) in [6.45, 7) is 1.68. The van der Waals surface area contributed by atoms with Gasteiger partial charge in [0.05, 0.1) is 21.3 Å². The maximum Gasteiger partial charge on any atom is 0.373 e. The normalized spacial score (nSPS) is 14.9. The molecule has 4 rings (SSSR count). The molecule has 190 valence electrons. The average molecular weight is 678 g/mol. The van der Waals surface area contributed by atoms with Crippen LogP contribution in [0.1, 0.15) is 23.0 Å². The Morgan fingerprint density at radius 2 is 1.71 bits per heavy atom. The van der Waals surface area contributed by atoms with E-state index in [0.717, 1.165) is 16.7 Å². The number of ether oxygens (including phenoxy) is 4. The molecular formula is C24H28IO8Pd-. The second-order valence-electron chi connectivity index (χ2n) is 6.80. The van der Waals surface area contributed by atoms with Crippen molar-refractivity contribution in [3.05, 3.63) is 61.2 Å². The molecule has 2 aromatic carbocycles. The number of furan rings is 1. The van der Waals surface area contributed by atoms with Gasteiger partial charge in [-0.2, -0.15) is 0 Å². The summed E-state index contributed by atoms with van der Waals surface area (Å²) in [5, 5.41) is 10.1. The summed E-state index contributed by atoms with van der Waals surface area (Å²) in [5.41, 5.74) is 0.490. The molecule has 0 amide bonds. The first-order valence-electron chi connectivity index (χ1n) is 9.42. The van der Waals surface area contributed by atoms with Gasteiger partial charge in [0.1, 0.15) is 22.8 Å². The van der Waals surface area contributed by atoms with Crippen molar-refractivity contribution in [1.82, 2.24) is 0 Å². The Balaban J connectivity index is 0.000000566. The third-order valence-corrected chi connectivity index (χ3v) is 4.63. The molecule has 34 heavy (non-hydrogen) atoms. The quantitative estimate of drug-likeness (QED) is 0.136. The van der Waals surface area contributed by atoms with Crippen molar-refractivity contribution in [2.24, 2.45) is 0 Å². The van der Waals surface area contributed by atoms with Gasteiger partial charge < -0.3 is 35.9 Å². The Morgan fingerprint density at radius 1 is 1.03 bits per heavy atom. The molecule has 1 aliphatic rings. The van der Waals surface area contributed by atoms with Gasteiger partial charge in [-0.05, 0) is 54.3 Å². The summed E-state index contributed by atoms with van der Waals surface area (Å²) in [6, 6.07) is 11.7. The third kappa shape index (κ3) is 7.35. The van der Waals surface area contributed by atoms with E-state index in [9.17, 15) is 14.7 Å². The van der Waals surface area contributed by atoms with Crippen LogP contribution in [0.2, 0.25) is 0 Å². The zero-order valence-corrected chi connectivity index (χ0v) is 23.5. The molecule has 0 spiro atoms. The van der Waals surface area contributed by atoms with Crippen molar-refractivity contribution in [2.75, 3.05) is 26.3 Å². The minimum Gasteiger partial charge on any atom is -0.508 e. The van der Waals surface area contributed by atoms with E-state index in [-0.39, 0.29) is 39.4 Å². The molecule has 0 saturated heterocycles. The summed E-state index contributed by atoms with van der Waals surface area (Å²) in [6.07, 6.45) is 0.420. The number of hydrogen-bond donors (Lipinski definition) is 1. The van der Waals surface area contributed by atoms with Crippen LogP contribution in [0.4, 0.5) is 0 Å². The number of aromatic hydroxyl groups is 1. The molecule has 1 aliphatic heterocycles. The molecule has 1 atom stereocenters. The van der Waals surface area contributed by atoms with E-state index in [2.05, 4.69) is 32.1 Å². The number of alkyl halides is 1. The van der Waals surface area contributed by atoms with Crippen molar-refractivity contribution in [2.45, 2.75) is 18.9 Å². The number of esters is 2. The van der Waals surface area contributed by atoms with E-state index >= 15 is 0 Å². The van der Waals surface area contributed by atoms with E-state index in [1.54, 1.807) is 50.4 Å². The Kier molecular flexibility index (Phi) is 13.2. The number of halogens is 1. The summed E-state index contributed by atoms with van der Waals surface area (Å²) in [7, 11) is 4.23. The van der Waals surface area contributed by atoms with Gasteiger partial charge in [0, 0.05) is 37.8 Å². The molecule has 10 heteroatoms. The minimum atomic E-state index is -0.967. The van der Waals surface area contributed by atoms with Gasteiger partial charge in [-0.25, -0.2) is 9.59 Å². The summed E-state index contributed by atoms with van der Waals surface area (Å²) in [4.78, 5) is 24.6. The predicted octanol–water partition coefficient (Wildman–Crippen LogP) is 4.99. The Labute approximate surface area is 226 Å². The molecule has 0 saturated carbocycles. The smallest absolute Gasteiger partial charge is 0.373 e. The third-order valence-electron chi connectivity index (χ3n) is 4.63. The van der Waals surface area contributed by atoms with Gasteiger partial charge in [0.15, 0.2) is 0 Å². The zero-order valence-electron chi connectivity index (χ0n) is 19.7. The van der Waals surface area contributed by atoms with Gasteiger partial charge in [-0.1, -0.05) is 22.6 Å². The SMILES string of the molecule is CI.COC(=O)C1(C)Cc2cc(O)ccc2O1.COC(=O)c1cc2cc(OC)ccc2o1.[CH3-].[Pd]. The van der Waals surface area contributed by atoms with Gasteiger partial charge in [-0.3, -0.25) is 0 Å². The second-order valence-corrected chi connectivity index (χ2v) is 6.80. The fourth-order valence-electron chi connectivity index (χ4n) is 3.13. The molecule has 3 aromatic rings. The molecule has 1 unspecified atom stereocenters. The zero-order chi connectivity index (χ0) is 23.9. The standard InChI is InChI=1S/C11H12O4.C11H10O4.CH3I.CH3.Pd/c1-11(10(13)14-2)6-7-5-8(12)3-4-9(7)15-11;1-13-8-3-4-9-7(5-8)6-10(15-9)11(12)14-2;1-2;;/h3-5,12H,6H2,1-2H3;3-6H,1-2H3;1H3;1H3;/q;;;-1;. The minimum absolute atomic E-state index is 0. The van der Waals surface area contributed by atoms with E-state index in [1.807, 2.05) is 4.93 Å². The molecule has 1 aromatic heterocycles. The first kappa shape index (κ1) is 31.7. The average Bonchev–Trinajstić information content (AvgIpc) is 3.39. The maximum atomic E-state index is 11.5. The topological polar surface area (TPSA) is 104 Å². The monoisotopic (exact) mass is 677 g/mol. The number of phenols is 1. The molecule has 0 aliphatic carbocycles. The summed E-state index contributed by atoms with van der Waals surface area (Å²) < 4.78 is 25.1. The van der Waals surface area contributed by atoms with E-state index in [1.165, 1.54) is 20.3 Å². The number of benzene rings is 2. The predicted molar refractivity (Wildman–Crippen MR) is 133 cm³/mol. The molecule has 2 heterocycles. The van der Waals surface area contributed by atoms with Gasteiger partial charge in [0.25, 0.3) is 0 Å². The van der Waals surface area contributed by atoms with Crippen molar-refractivity contribution in [1.29, 1.82) is 0 Å². The van der Waals surface area contributed by atoms with Crippen molar-refractivity contribution in [3.63, 3.8) is 0 Å². The Bertz CT molecular complexity index is 1100. The van der Waals surface area contributed by atoms with Crippen LogP contribution >= 0.6 is 22.6 Å². The second kappa shape index (κ2) is 14.2. The number of carbonyl (C=O) groups is 2. The van der Waals surface area contributed by atoms with Gasteiger partial charge in [-0.15, -0.1) is 0 Å². The molecular weight excluding hydrogens is 650 g/mol. The molecule has 0 bridgehead atoms. The van der Waals surface area contributed by atoms with Crippen LogP contribution in [-0.4, -0.2) is 48.9 Å². The molecule has 1 N–H and O–H groups in total. The number of rotatable bonds is 3. The number of hydrogen-bond acceptors (Lipinski definition) is 8. The molecule has 0 fully saturated rings. The van der Waals surface area contributed by atoms with Crippen LogP contribution in [0.25, 0.3) is 11.0 Å². The van der Waals surface area contributed by atoms with Crippen molar-refractivity contribution < 1.29 is 58.5 Å². The fourth-order valence-corrected chi connectivity index (χ4v) is 3.13. The van der Waals surface area contributed by atoms with Gasteiger partial charge in [0.2, 0.25) is 11.4 Å². The first-order chi connectivity index (χ1) is 15.3. The fraction of sp³-hybridized carbons (Fsp3) is 0.292. The van der Waals surface area contributed by atoms with Crippen molar-refractivity contribution >= 4 is 45.5 Å².